The van der Waals surface area contributed by atoms with Gasteiger partial charge in [-0.3, -0.25) is 14.5 Å². The zero-order valence-corrected chi connectivity index (χ0v) is 18.8. The van der Waals surface area contributed by atoms with Gasteiger partial charge in [-0.1, -0.05) is 30.3 Å². The van der Waals surface area contributed by atoms with Crippen LogP contribution in [0.1, 0.15) is 35.3 Å². The maximum absolute atomic E-state index is 12.9. The molecule has 7 heteroatoms. The van der Waals surface area contributed by atoms with Gasteiger partial charge >= 0.3 is 0 Å². The number of anilines is 1. The molecule has 2 amide bonds. The van der Waals surface area contributed by atoms with E-state index in [1.54, 1.807) is 18.3 Å². The van der Waals surface area contributed by atoms with E-state index in [2.05, 4.69) is 10.3 Å². The standard InChI is InChI=1S/C24H25N3O3S/c1-14(18-8-6-5-7-9-18)25-22(28)13-27-20-12-19(23-16(3)31-17(4)26-23)10-11-21(20)30-15(2)24(27)29/h5-12,14-15H,13H2,1-4H3,(H,25,28). The molecule has 3 aromatic rings. The summed E-state index contributed by atoms with van der Waals surface area (Å²) in [6, 6.07) is 15.3. The number of amides is 2. The van der Waals surface area contributed by atoms with Gasteiger partial charge in [-0.15, -0.1) is 11.3 Å². The lowest BCUT2D eigenvalue weighted by molar-refractivity contribution is -0.128. The highest BCUT2D eigenvalue weighted by molar-refractivity contribution is 7.11. The van der Waals surface area contributed by atoms with Crippen LogP contribution in [0.4, 0.5) is 5.69 Å². The number of thiazole rings is 1. The number of nitrogens with one attached hydrogen (secondary N) is 1. The molecule has 1 aromatic heterocycles. The van der Waals surface area contributed by atoms with Crippen molar-refractivity contribution in [2.24, 2.45) is 0 Å². The Morgan fingerprint density at radius 2 is 1.97 bits per heavy atom. The van der Waals surface area contributed by atoms with E-state index in [1.165, 1.54) is 4.90 Å². The van der Waals surface area contributed by atoms with Gasteiger partial charge < -0.3 is 10.1 Å². The predicted octanol–water partition coefficient (Wildman–Crippen LogP) is 4.42. The van der Waals surface area contributed by atoms with Crippen LogP contribution in [-0.2, 0) is 9.59 Å². The molecule has 1 aliphatic heterocycles. The first kappa shape index (κ1) is 21.1. The number of hydrogen-bond donors (Lipinski definition) is 1. The smallest absolute Gasteiger partial charge is 0.268 e. The highest BCUT2D eigenvalue weighted by Crippen LogP contribution is 2.38. The van der Waals surface area contributed by atoms with E-state index in [0.29, 0.717) is 11.4 Å². The van der Waals surface area contributed by atoms with Crippen molar-refractivity contribution in [3.8, 4) is 17.0 Å². The fourth-order valence-corrected chi connectivity index (χ4v) is 4.61. The summed E-state index contributed by atoms with van der Waals surface area (Å²) in [5.41, 5.74) is 3.39. The number of hydrogen-bond acceptors (Lipinski definition) is 5. The zero-order chi connectivity index (χ0) is 22.1. The SMILES string of the molecule is Cc1nc(-c2ccc3c(c2)N(CC(=O)NC(C)c2ccccc2)C(=O)C(C)O3)c(C)s1. The second-order valence-electron chi connectivity index (χ2n) is 7.70. The fraction of sp³-hybridized carbons (Fsp3) is 0.292. The molecule has 2 unspecified atom stereocenters. The molecule has 0 saturated carbocycles. The Kier molecular flexibility index (Phi) is 5.78. The van der Waals surface area contributed by atoms with Crippen molar-refractivity contribution in [2.45, 2.75) is 39.8 Å². The molecule has 31 heavy (non-hydrogen) atoms. The molecule has 2 atom stereocenters. The molecular weight excluding hydrogens is 410 g/mol. The Labute approximate surface area is 185 Å². The number of ether oxygens (including phenoxy) is 1. The third kappa shape index (κ3) is 4.32. The average Bonchev–Trinajstić information content (AvgIpc) is 3.09. The summed E-state index contributed by atoms with van der Waals surface area (Å²) in [7, 11) is 0. The molecule has 0 saturated heterocycles. The van der Waals surface area contributed by atoms with E-state index in [-0.39, 0.29) is 24.4 Å². The van der Waals surface area contributed by atoms with Gasteiger partial charge in [0.2, 0.25) is 5.91 Å². The Morgan fingerprint density at radius 3 is 2.65 bits per heavy atom. The average molecular weight is 436 g/mol. The van der Waals surface area contributed by atoms with Gasteiger partial charge in [-0.2, -0.15) is 0 Å². The molecule has 1 N–H and O–H groups in total. The summed E-state index contributed by atoms with van der Waals surface area (Å²) >= 11 is 1.63. The Balaban J connectivity index is 1.60. The minimum atomic E-state index is -0.652. The van der Waals surface area contributed by atoms with E-state index in [0.717, 1.165) is 26.7 Å². The summed E-state index contributed by atoms with van der Waals surface area (Å²) < 4.78 is 5.79. The monoisotopic (exact) mass is 435 g/mol. The molecule has 4 rings (SSSR count). The van der Waals surface area contributed by atoms with Crippen LogP contribution in [0, 0.1) is 13.8 Å². The minimum Gasteiger partial charge on any atom is -0.479 e. The van der Waals surface area contributed by atoms with Crippen molar-refractivity contribution >= 4 is 28.8 Å². The van der Waals surface area contributed by atoms with E-state index in [4.69, 9.17) is 4.74 Å². The molecule has 0 aliphatic carbocycles. The third-order valence-corrected chi connectivity index (χ3v) is 6.21. The molecule has 2 aromatic carbocycles. The third-order valence-electron chi connectivity index (χ3n) is 5.32. The lowest BCUT2D eigenvalue weighted by Crippen LogP contribution is -2.49. The Bertz CT molecular complexity index is 1130. The highest BCUT2D eigenvalue weighted by atomic mass is 32.1. The number of benzene rings is 2. The quantitative estimate of drug-likeness (QED) is 0.644. The number of carbonyl (C=O) groups excluding carboxylic acids is 2. The van der Waals surface area contributed by atoms with Gasteiger partial charge in [0.25, 0.3) is 5.91 Å². The van der Waals surface area contributed by atoms with E-state index in [1.807, 2.05) is 69.3 Å². The molecule has 0 spiro atoms. The van der Waals surface area contributed by atoms with Crippen LogP contribution in [0.15, 0.2) is 48.5 Å². The summed E-state index contributed by atoms with van der Waals surface area (Å²) in [6.45, 7) is 7.55. The summed E-state index contributed by atoms with van der Waals surface area (Å²) in [5.74, 6) is 0.124. The largest absolute Gasteiger partial charge is 0.479 e. The van der Waals surface area contributed by atoms with Crippen molar-refractivity contribution < 1.29 is 14.3 Å². The van der Waals surface area contributed by atoms with Gasteiger partial charge in [0.1, 0.15) is 12.3 Å². The first-order valence-electron chi connectivity index (χ1n) is 10.2. The van der Waals surface area contributed by atoms with Crippen LogP contribution in [-0.4, -0.2) is 29.4 Å². The highest BCUT2D eigenvalue weighted by Gasteiger charge is 2.33. The maximum Gasteiger partial charge on any atom is 0.268 e. The lowest BCUT2D eigenvalue weighted by Gasteiger charge is -2.33. The number of carbonyl (C=O) groups is 2. The van der Waals surface area contributed by atoms with Crippen molar-refractivity contribution in [2.75, 3.05) is 11.4 Å². The van der Waals surface area contributed by atoms with Gasteiger partial charge in [0.05, 0.1) is 22.4 Å². The fourth-order valence-electron chi connectivity index (χ4n) is 3.77. The number of aryl methyl sites for hydroxylation is 2. The number of aromatic nitrogens is 1. The van der Waals surface area contributed by atoms with Crippen molar-refractivity contribution in [3.63, 3.8) is 0 Å². The van der Waals surface area contributed by atoms with Gasteiger partial charge in [-0.05, 0) is 51.5 Å². The second-order valence-corrected chi connectivity index (χ2v) is 9.11. The predicted molar refractivity (Wildman–Crippen MR) is 122 cm³/mol. The summed E-state index contributed by atoms with van der Waals surface area (Å²) in [5, 5.41) is 3.97. The minimum absolute atomic E-state index is 0.0742. The van der Waals surface area contributed by atoms with Crippen LogP contribution in [0.3, 0.4) is 0 Å². The normalized spacial score (nSPS) is 16.5. The lowest BCUT2D eigenvalue weighted by atomic mass is 10.1. The number of rotatable bonds is 5. The van der Waals surface area contributed by atoms with Gasteiger partial charge in [0, 0.05) is 10.4 Å². The van der Waals surface area contributed by atoms with Crippen molar-refractivity contribution in [1.29, 1.82) is 0 Å². The van der Waals surface area contributed by atoms with Gasteiger partial charge in [0.15, 0.2) is 6.10 Å². The van der Waals surface area contributed by atoms with E-state index >= 15 is 0 Å². The van der Waals surface area contributed by atoms with Crippen LogP contribution in [0.2, 0.25) is 0 Å². The molecule has 6 nitrogen and oxygen atoms in total. The second kappa shape index (κ2) is 8.51. The van der Waals surface area contributed by atoms with E-state index in [9.17, 15) is 9.59 Å². The van der Waals surface area contributed by atoms with Crippen LogP contribution in [0.5, 0.6) is 5.75 Å². The summed E-state index contributed by atoms with van der Waals surface area (Å²) in [4.78, 5) is 33.0. The topological polar surface area (TPSA) is 71.5 Å². The van der Waals surface area contributed by atoms with Crippen LogP contribution < -0.4 is 15.0 Å². The Hall–Kier alpha value is -3.19. The van der Waals surface area contributed by atoms with E-state index < -0.39 is 6.10 Å². The maximum atomic E-state index is 12.9. The molecule has 1 aliphatic rings. The molecule has 0 fully saturated rings. The van der Waals surface area contributed by atoms with Crippen molar-refractivity contribution in [3.05, 3.63) is 64.0 Å². The first-order valence-corrected chi connectivity index (χ1v) is 11.1. The van der Waals surface area contributed by atoms with Crippen LogP contribution in [0.25, 0.3) is 11.3 Å². The summed E-state index contributed by atoms with van der Waals surface area (Å²) in [6.07, 6.45) is -0.652. The zero-order valence-electron chi connectivity index (χ0n) is 18.0. The number of fused-ring (bicyclic) bond motifs is 1. The van der Waals surface area contributed by atoms with Crippen molar-refractivity contribution in [1.82, 2.24) is 10.3 Å². The first-order chi connectivity index (χ1) is 14.8. The van der Waals surface area contributed by atoms with Gasteiger partial charge in [-0.25, -0.2) is 4.98 Å². The van der Waals surface area contributed by atoms with Crippen LogP contribution >= 0.6 is 11.3 Å². The molecule has 160 valence electrons. The molecule has 2 heterocycles. The number of nitrogens with zero attached hydrogens (tertiary/aromatic N) is 2. The molecular formula is C24H25N3O3S. The Morgan fingerprint density at radius 1 is 1.23 bits per heavy atom. The molecule has 0 bridgehead atoms. The molecule has 0 radical (unpaired) electrons.